The fourth-order valence-corrected chi connectivity index (χ4v) is 1.94. The largest absolute Gasteiger partial charge is 0.450 e. The molecule has 90 valence electrons. The van der Waals surface area contributed by atoms with E-state index in [1.807, 2.05) is 49.4 Å². The van der Waals surface area contributed by atoms with Gasteiger partial charge in [-0.2, -0.15) is 0 Å². The molecular weight excluding hydrogens is 228 g/mol. The highest BCUT2D eigenvalue weighted by atomic mass is 16.7. The van der Waals surface area contributed by atoms with Crippen LogP contribution in [0.1, 0.15) is 27.8 Å². The second-order valence-corrected chi connectivity index (χ2v) is 4.26. The number of aryl methyl sites for hydroxylation is 1. The van der Waals surface area contributed by atoms with E-state index in [9.17, 15) is 4.79 Å². The molecule has 0 radical (unpaired) electrons. The van der Waals surface area contributed by atoms with Crippen LogP contribution >= 0.6 is 0 Å². The van der Waals surface area contributed by atoms with Crippen molar-refractivity contribution < 1.29 is 14.3 Å². The fraction of sp³-hybridized carbons (Fsp3) is 0.133. The number of carbonyl (C=O) groups is 1. The summed E-state index contributed by atoms with van der Waals surface area (Å²) in [4.78, 5) is 11.6. The van der Waals surface area contributed by atoms with Crippen LogP contribution in [0.15, 0.2) is 48.5 Å². The molecule has 0 bridgehead atoms. The Labute approximate surface area is 105 Å². The van der Waals surface area contributed by atoms with Crippen molar-refractivity contribution in [3.05, 3.63) is 65.2 Å². The Morgan fingerprint density at radius 1 is 1.06 bits per heavy atom. The third-order valence-electron chi connectivity index (χ3n) is 2.91. The molecule has 0 N–H and O–H groups in total. The second-order valence-electron chi connectivity index (χ2n) is 4.26. The summed E-state index contributed by atoms with van der Waals surface area (Å²) in [7, 11) is 0. The minimum Gasteiger partial charge on any atom is -0.450 e. The highest BCUT2D eigenvalue weighted by molar-refractivity contribution is 5.93. The van der Waals surface area contributed by atoms with E-state index < -0.39 is 6.29 Å². The molecule has 0 saturated heterocycles. The number of ether oxygens (including phenoxy) is 2. The van der Waals surface area contributed by atoms with Crippen molar-refractivity contribution in [3.8, 4) is 5.75 Å². The Bertz CT molecular complexity index is 587. The Kier molecular flexibility index (Phi) is 2.52. The van der Waals surface area contributed by atoms with Gasteiger partial charge in [0.25, 0.3) is 6.29 Å². The van der Waals surface area contributed by atoms with Gasteiger partial charge in [0.2, 0.25) is 0 Å². The van der Waals surface area contributed by atoms with Gasteiger partial charge < -0.3 is 9.47 Å². The van der Waals surface area contributed by atoms with E-state index in [4.69, 9.17) is 9.47 Å². The second kappa shape index (κ2) is 4.18. The number of fused-ring (bicyclic) bond motifs is 1. The van der Waals surface area contributed by atoms with E-state index in [1.54, 1.807) is 6.07 Å². The van der Waals surface area contributed by atoms with Crippen LogP contribution in [-0.4, -0.2) is 5.97 Å². The van der Waals surface area contributed by atoms with E-state index in [1.165, 1.54) is 0 Å². The Morgan fingerprint density at radius 3 is 2.56 bits per heavy atom. The molecule has 3 heteroatoms. The zero-order valence-corrected chi connectivity index (χ0v) is 9.92. The maximum absolute atomic E-state index is 11.6. The molecule has 2 aromatic rings. The fourth-order valence-electron chi connectivity index (χ4n) is 1.94. The minimum absolute atomic E-state index is 0.331. The van der Waals surface area contributed by atoms with E-state index in [0.717, 1.165) is 11.1 Å². The predicted molar refractivity (Wildman–Crippen MR) is 66.4 cm³/mol. The average molecular weight is 240 g/mol. The standard InChI is InChI=1S/C15H12O3/c1-10-6-8-11(9-7-10)17-15-13-5-3-2-4-12(13)14(16)18-15/h2-9,15H,1H3. The Hall–Kier alpha value is -2.29. The van der Waals surface area contributed by atoms with Crippen LogP contribution in [0.4, 0.5) is 0 Å². The zero-order chi connectivity index (χ0) is 12.5. The van der Waals surface area contributed by atoms with Crippen molar-refractivity contribution in [1.29, 1.82) is 0 Å². The van der Waals surface area contributed by atoms with Gasteiger partial charge in [0, 0.05) is 5.56 Å². The molecule has 1 aliphatic rings. The first-order valence-corrected chi connectivity index (χ1v) is 5.77. The molecule has 1 heterocycles. The minimum atomic E-state index is -0.642. The number of benzene rings is 2. The molecule has 0 spiro atoms. The van der Waals surface area contributed by atoms with Gasteiger partial charge in [0.05, 0.1) is 5.56 Å². The summed E-state index contributed by atoms with van der Waals surface area (Å²) < 4.78 is 10.9. The molecule has 0 saturated carbocycles. The predicted octanol–water partition coefficient (Wildman–Crippen LogP) is 3.24. The molecule has 0 aliphatic carbocycles. The van der Waals surface area contributed by atoms with E-state index in [-0.39, 0.29) is 5.97 Å². The van der Waals surface area contributed by atoms with E-state index in [2.05, 4.69) is 0 Å². The molecule has 1 aliphatic heterocycles. The number of rotatable bonds is 2. The number of hydrogen-bond donors (Lipinski definition) is 0. The van der Waals surface area contributed by atoms with Crippen LogP contribution in [-0.2, 0) is 4.74 Å². The third kappa shape index (κ3) is 1.84. The third-order valence-corrected chi connectivity index (χ3v) is 2.91. The van der Waals surface area contributed by atoms with Crippen LogP contribution in [0.2, 0.25) is 0 Å². The van der Waals surface area contributed by atoms with Crippen molar-refractivity contribution in [2.45, 2.75) is 13.2 Å². The molecule has 0 amide bonds. The lowest BCUT2D eigenvalue weighted by Crippen LogP contribution is -2.06. The van der Waals surface area contributed by atoms with E-state index >= 15 is 0 Å². The zero-order valence-electron chi connectivity index (χ0n) is 9.92. The van der Waals surface area contributed by atoms with Crippen molar-refractivity contribution in [2.24, 2.45) is 0 Å². The molecule has 0 fully saturated rings. The molecule has 3 rings (SSSR count). The maximum atomic E-state index is 11.6. The first-order chi connectivity index (χ1) is 8.74. The summed E-state index contributed by atoms with van der Waals surface area (Å²) in [5, 5.41) is 0. The van der Waals surface area contributed by atoms with Gasteiger partial charge in [0.15, 0.2) is 0 Å². The topological polar surface area (TPSA) is 35.5 Å². The summed E-state index contributed by atoms with van der Waals surface area (Å²) in [5.74, 6) is 0.359. The highest BCUT2D eigenvalue weighted by Gasteiger charge is 2.31. The normalized spacial score (nSPS) is 17.2. The first kappa shape index (κ1) is 10.8. The molecule has 1 unspecified atom stereocenters. The van der Waals surface area contributed by atoms with Gasteiger partial charge in [0.1, 0.15) is 5.75 Å². The summed E-state index contributed by atoms with van der Waals surface area (Å²) in [6, 6.07) is 14.9. The summed E-state index contributed by atoms with van der Waals surface area (Å²) in [6.07, 6.45) is -0.642. The number of cyclic esters (lactones) is 1. The number of hydrogen-bond acceptors (Lipinski definition) is 3. The molecule has 3 nitrogen and oxygen atoms in total. The van der Waals surface area contributed by atoms with Crippen molar-refractivity contribution in [1.82, 2.24) is 0 Å². The smallest absolute Gasteiger partial charge is 0.342 e. The van der Waals surface area contributed by atoms with Gasteiger partial charge in [-0.3, -0.25) is 0 Å². The summed E-state index contributed by atoms with van der Waals surface area (Å²) in [5.41, 5.74) is 2.52. The van der Waals surface area contributed by atoms with Gasteiger partial charge in [-0.25, -0.2) is 4.79 Å². The molecule has 2 aromatic carbocycles. The van der Waals surface area contributed by atoms with E-state index in [0.29, 0.717) is 11.3 Å². The molecule has 18 heavy (non-hydrogen) atoms. The van der Waals surface area contributed by atoms with Gasteiger partial charge in [-0.1, -0.05) is 35.9 Å². The van der Waals surface area contributed by atoms with Crippen molar-refractivity contribution >= 4 is 5.97 Å². The van der Waals surface area contributed by atoms with Crippen LogP contribution in [0.25, 0.3) is 0 Å². The van der Waals surface area contributed by atoms with Gasteiger partial charge in [-0.05, 0) is 25.1 Å². The Morgan fingerprint density at radius 2 is 1.78 bits per heavy atom. The quantitative estimate of drug-likeness (QED) is 0.756. The van der Waals surface area contributed by atoms with Crippen molar-refractivity contribution in [2.75, 3.05) is 0 Å². The molecular formula is C15H12O3. The molecule has 1 atom stereocenters. The van der Waals surface area contributed by atoms with Gasteiger partial charge >= 0.3 is 5.97 Å². The lowest BCUT2D eigenvalue weighted by molar-refractivity contribution is -0.0382. The lowest BCUT2D eigenvalue weighted by Gasteiger charge is -2.13. The summed E-state index contributed by atoms with van der Waals surface area (Å²) >= 11 is 0. The number of carbonyl (C=O) groups excluding carboxylic acids is 1. The average Bonchev–Trinajstić information content (AvgIpc) is 2.70. The summed E-state index contributed by atoms with van der Waals surface area (Å²) in [6.45, 7) is 2.01. The number of esters is 1. The SMILES string of the molecule is Cc1ccc(OC2OC(=O)c3ccccc32)cc1. The Balaban J connectivity index is 1.87. The van der Waals surface area contributed by atoms with Crippen LogP contribution in [0.5, 0.6) is 5.75 Å². The maximum Gasteiger partial charge on any atom is 0.342 e. The van der Waals surface area contributed by atoms with Crippen LogP contribution < -0.4 is 4.74 Å². The highest BCUT2D eigenvalue weighted by Crippen LogP contribution is 2.32. The first-order valence-electron chi connectivity index (χ1n) is 5.77. The van der Waals surface area contributed by atoms with Gasteiger partial charge in [-0.15, -0.1) is 0 Å². The monoisotopic (exact) mass is 240 g/mol. The lowest BCUT2D eigenvalue weighted by atomic mass is 10.1. The van der Waals surface area contributed by atoms with Crippen LogP contribution in [0, 0.1) is 6.92 Å². The van der Waals surface area contributed by atoms with Crippen LogP contribution in [0.3, 0.4) is 0 Å². The van der Waals surface area contributed by atoms with Crippen molar-refractivity contribution in [3.63, 3.8) is 0 Å². The molecule has 0 aromatic heterocycles.